The molecule has 0 fully saturated rings. The van der Waals surface area contributed by atoms with Gasteiger partial charge in [0, 0.05) is 12.8 Å². The summed E-state index contributed by atoms with van der Waals surface area (Å²) in [5, 5.41) is 18.6. The predicted molar refractivity (Wildman–Crippen MR) is 37.6 cm³/mol. The Labute approximate surface area is 67.8 Å². The smallest absolute Gasteiger partial charge is 0.310 e. The number of hydrogen-bond acceptors (Lipinski definition) is 5. The van der Waals surface area contributed by atoms with Gasteiger partial charge in [0.05, 0.1) is 0 Å². The number of carbonyl (C=O) groups is 2. The summed E-state index contributed by atoms with van der Waals surface area (Å²) in [6.07, 6.45) is -0.231. The van der Waals surface area contributed by atoms with Crippen molar-refractivity contribution in [2.45, 2.75) is 12.8 Å². The molecule has 5 N–H and O–H groups in total. The number of hydroxylamine groups is 1. The highest BCUT2D eigenvalue weighted by molar-refractivity contribution is 6.36. The Kier molecular flexibility index (Phi) is 4.39. The highest BCUT2D eigenvalue weighted by atomic mass is 16.5. The zero-order valence-corrected chi connectivity index (χ0v) is 6.15. The fraction of sp³-hybridized carbons (Fsp3) is 0.400. The van der Waals surface area contributed by atoms with Crippen molar-refractivity contribution in [1.82, 2.24) is 5.48 Å². The van der Waals surface area contributed by atoms with Gasteiger partial charge in [-0.25, -0.2) is 5.48 Å². The fourth-order valence-corrected chi connectivity index (χ4v) is 0.467. The number of rotatable bonds is 4. The zero-order chi connectivity index (χ0) is 9.56. The second-order valence-corrected chi connectivity index (χ2v) is 1.96. The Hall–Kier alpha value is -1.63. The summed E-state index contributed by atoms with van der Waals surface area (Å²) in [7, 11) is 0. The Balaban J connectivity index is 3.80. The number of hydrogen-bond donors (Lipinski definition) is 4. The van der Waals surface area contributed by atoms with Gasteiger partial charge in [0.15, 0.2) is 0 Å². The van der Waals surface area contributed by atoms with Gasteiger partial charge in [-0.1, -0.05) is 5.16 Å². The van der Waals surface area contributed by atoms with Crippen molar-refractivity contribution in [2.75, 3.05) is 0 Å². The Morgan fingerprint density at radius 2 is 2.00 bits per heavy atom. The monoisotopic (exact) mass is 175 g/mol. The molecule has 0 bridgehead atoms. The number of amides is 1. The first kappa shape index (κ1) is 10.4. The lowest BCUT2D eigenvalue weighted by Crippen LogP contribution is -2.28. The fourth-order valence-electron chi connectivity index (χ4n) is 0.467. The van der Waals surface area contributed by atoms with E-state index in [0.29, 0.717) is 0 Å². The summed E-state index contributed by atoms with van der Waals surface area (Å²) >= 11 is 0. The van der Waals surface area contributed by atoms with Crippen LogP contribution in [0.3, 0.4) is 0 Å². The maximum atomic E-state index is 10.6. The third-order valence-corrected chi connectivity index (χ3v) is 1.09. The van der Waals surface area contributed by atoms with Crippen molar-refractivity contribution < 1.29 is 20.0 Å². The van der Waals surface area contributed by atoms with Crippen LogP contribution in [-0.4, -0.2) is 27.9 Å². The van der Waals surface area contributed by atoms with E-state index in [1.54, 1.807) is 0 Å². The molecule has 0 aliphatic heterocycles. The number of carbonyl (C=O) groups excluding carboxylic acids is 2. The van der Waals surface area contributed by atoms with E-state index < -0.39 is 11.7 Å². The first-order chi connectivity index (χ1) is 5.61. The topological polar surface area (TPSA) is 125 Å². The standard InChI is InChI=1S/C5H9N3O4/c6-4(7-11)2-1-3(9)5(10)8-12/h11-12H,1-2H2,(H2,6,7)(H,8,10). The first-order valence-corrected chi connectivity index (χ1v) is 3.05. The van der Waals surface area contributed by atoms with Crippen molar-refractivity contribution >= 4 is 17.5 Å². The molecule has 0 aromatic carbocycles. The van der Waals surface area contributed by atoms with Crippen LogP contribution < -0.4 is 11.2 Å². The summed E-state index contributed by atoms with van der Waals surface area (Å²) in [5.41, 5.74) is 6.19. The lowest BCUT2D eigenvalue weighted by atomic mass is 10.2. The van der Waals surface area contributed by atoms with Crippen molar-refractivity contribution in [3.8, 4) is 0 Å². The van der Waals surface area contributed by atoms with Crippen LogP contribution in [0.25, 0.3) is 0 Å². The predicted octanol–water partition coefficient (Wildman–Crippen LogP) is -1.41. The Morgan fingerprint density at radius 3 is 2.42 bits per heavy atom. The molecule has 0 aromatic rings. The largest absolute Gasteiger partial charge is 0.409 e. The van der Waals surface area contributed by atoms with Crippen LogP contribution in [0, 0.1) is 0 Å². The minimum absolute atomic E-state index is 0.0250. The Bertz CT molecular complexity index is 213. The Morgan fingerprint density at radius 1 is 1.42 bits per heavy atom. The number of ketones is 1. The number of Topliss-reactive ketones (excluding diaryl/α,β-unsaturated/α-hetero) is 1. The molecule has 0 rings (SSSR count). The van der Waals surface area contributed by atoms with Crippen molar-refractivity contribution in [2.24, 2.45) is 10.9 Å². The second kappa shape index (κ2) is 5.08. The van der Waals surface area contributed by atoms with E-state index in [1.807, 2.05) is 0 Å². The molecule has 0 heterocycles. The summed E-state index contributed by atoms with van der Waals surface area (Å²) < 4.78 is 0. The van der Waals surface area contributed by atoms with Gasteiger partial charge in [0.25, 0.3) is 0 Å². The van der Waals surface area contributed by atoms with Crippen LogP contribution in [0.4, 0.5) is 0 Å². The molecule has 0 saturated carbocycles. The average Bonchev–Trinajstić information content (AvgIpc) is 2.11. The van der Waals surface area contributed by atoms with Crippen LogP contribution in [0.15, 0.2) is 5.16 Å². The van der Waals surface area contributed by atoms with Gasteiger partial charge in [-0.2, -0.15) is 0 Å². The molecule has 0 saturated heterocycles. The summed E-state index contributed by atoms with van der Waals surface area (Å²) in [6, 6.07) is 0. The van der Waals surface area contributed by atoms with E-state index >= 15 is 0 Å². The van der Waals surface area contributed by atoms with Crippen molar-refractivity contribution in [1.29, 1.82) is 0 Å². The molecule has 12 heavy (non-hydrogen) atoms. The minimum Gasteiger partial charge on any atom is -0.409 e. The van der Waals surface area contributed by atoms with Gasteiger partial charge in [0.1, 0.15) is 5.84 Å². The third kappa shape index (κ3) is 3.52. The zero-order valence-electron chi connectivity index (χ0n) is 6.15. The maximum Gasteiger partial charge on any atom is 0.310 e. The van der Waals surface area contributed by atoms with Gasteiger partial charge < -0.3 is 10.9 Å². The van der Waals surface area contributed by atoms with E-state index in [1.165, 1.54) is 5.48 Å². The van der Waals surface area contributed by atoms with Gasteiger partial charge >= 0.3 is 5.91 Å². The van der Waals surface area contributed by atoms with Gasteiger partial charge in [-0.3, -0.25) is 14.8 Å². The van der Waals surface area contributed by atoms with Gasteiger partial charge in [-0.05, 0) is 0 Å². The molecule has 0 atom stereocenters. The molecule has 0 aliphatic carbocycles. The SMILES string of the molecule is N/C(CCC(=O)C(=O)NO)=N\O. The number of nitrogens with two attached hydrogens (primary N) is 1. The third-order valence-electron chi connectivity index (χ3n) is 1.09. The van der Waals surface area contributed by atoms with Crippen LogP contribution in [0.1, 0.15) is 12.8 Å². The number of oxime groups is 1. The highest BCUT2D eigenvalue weighted by Crippen LogP contribution is 1.90. The molecular weight excluding hydrogens is 166 g/mol. The van der Waals surface area contributed by atoms with Crippen LogP contribution >= 0.6 is 0 Å². The molecule has 0 spiro atoms. The van der Waals surface area contributed by atoms with Crippen molar-refractivity contribution in [3.63, 3.8) is 0 Å². The highest BCUT2D eigenvalue weighted by Gasteiger charge is 2.12. The maximum absolute atomic E-state index is 10.6. The second-order valence-electron chi connectivity index (χ2n) is 1.96. The summed E-state index contributed by atoms with van der Waals surface area (Å²) in [5.74, 6) is -2.08. The molecule has 0 unspecified atom stereocenters. The summed E-state index contributed by atoms with van der Waals surface area (Å²) in [6.45, 7) is 0. The number of amidine groups is 1. The molecule has 1 amide bonds. The molecular formula is C5H9N3O4. The molecule has 0 radical (unpaired) electrons. The molecule has 0 aromatic heterocycles. The quantitative estimate of drug-likeness (QED) is 0.104. The van der Waals surface area contributed by atoms with E-state index in [9.17, 15) is 9.59 Å². The van der Waals surface area contributed by atoms with E-state index in [4.69, 9.17) is 16.1 Å². The average molecular weight is 175 g/mol. The molecule has 7 nitrogen and oxygen atoms in total. The van der Waals surface area contributed by atoms with E-state index in [-0.39, 0.29) is 18.7 Å². The van der Waals surface area contributed by atoms with Gasteiger partial charge in [0.2, 0.25) is 5.78 Å². The van der Waals surface area contributed by atoms with Crippen LogP contribution in [0.2, 0.25) is 0 Å². The first-order valence-electron chi connectivity index (χ1n) is 3.05. The molecule has 7 heteroatoms. The van der Waals surface area contributed by atoms with Crippen LogP contribution in [0.5, 0.6) is 0 Å². The van der Waals surface area contributed by atoms with E-state index in [2.05, 4.69) is 5.16 Å². The van der Waals surface area contributed by atoms with Crippen molar-refractivity contribution in [3.05, 3.63) is 0 Å². The summed E-state index contributed by atoms with van der Waals surface area (Å²) in [4.78, 5) is 21.0. The lowest BCUT2D eigenvalue weighted by Gasteiger charge is -1.96. The van der Waals surface area contributed by atoms with Crippen LogP contribution in [-0.2, 0) is 9.59 Å². The minimum atomic E-state index is -1.11. The number of nitrogens with zero attached hydrogens (tertiary/aromatic N) is 1. The lowest BCUT2D eigenvalue weighted by molar-refractivity contribution is -0.143. The molecule has 0 aliphatic rings. The van der Waals surface area contributed by atoms with Gasteiger partial charge in [-0.15, -0.1) is 0 Å². The molecule has 68 valence electrons. The normalized spacial score (nSPS) is 10.9. The van der Waals surface area contributed by atoms with E-state index in [0.717, 1.165) is 0 Å². The number of nitrogens with one attached hydrogen (secondary N) is 1.